The maximum absolute atomic E-state index is 12.3. The van der Waals surface area contributed by atoms with Gasteiger partial charge < -0.3 is 15.4 Å². The summed E-state index contributed by atoms with van der Waals surface area (Å²) in [5, 5.41) is 6.22. The molecule has 0 bridgehead atoms. The van der Waals surface area contributed by atoms with Crippen molar-refractivity contribution >= 4 is 28.3 Å². The van der Waals surface area contributed by atoms with E-state index in [-0.39, 0.29) is 41.9 Å². The molecular formula is C17H26ClN3O4S. The zero-order chi connectivity index (χ0) is 17.7. The second-order valence-corrected chi connectivity index (χ2v) is 8.29. The van der Waals surface area contributed by atoms with Gasteiger partial charge in [-0.2, -0.15) is 0 Å². The largest absolute Gasteiger partial charge is 0.377 e. The highest BCUT2D eigenvalue weighted by atomic mass is 35.5. The Kier molecular flexibility index (Phi) is 7.85. The van der Waals surface area contributed by atoms with Crippen LogP contribution >= 0.6 is 12.4 Å². The standard InChI is InChI=1S/C17H25N3O4S.ClH/c21-17(20-14-3-1-9-18-11-14)13-5-7-16(8-6-13)25(22,23)19-12-15-4-2-10-24-15;/h5-8,14-15,18-19H,1-4,9-12H2,(H,20,21);1H/t14-,15?;/m0./s1. The van der Waals surface area contributed by atoms with Crippen molar-refractivity contribution in [1.29, 1.82) is 0 Å². The number of amides is 1. The van der Waals surface area contributed by atoms with Crippen molar-refractivity contribution in [1.82, 2.24) is 15.4 Å². The van der Waals surface area contributed by atoms with E-state index in [4.69, 9.17) is 4.74 Å². The summed E-state index contributed by atoms with van der Waals surface area (Å²) in [4.78, 5) is 12.4. The highest BCUT2D eigenvalue weighted by molar-refractivity contribution is 7.89. The number of piperidine rings is 1. The van der Waals surface area contributed by atoms with E-state index in [0.29, 0.717) is 12.2 Å². The first-order valence-corrected chi connectivity index (χ1v) is 10.3. The molecule has 26 heavy (non-hydrogen) atoms. The number of carbonyl (C=O) groups excluding carboxylic acids is 1. The molecule has 3 rings (SSSR count). The Morgan fingerprint density at radius 2 is 1.96 bits per heavy atom. The molecule has 2 atom stereocenters. The molecule has 0 spiro atoms. The molecule has 3 N–H and O–H groups in total. The van der Waals surface area contributed by atoms with Crippen LogP contribution in [0.25, 0.3) is 0 Å². The fourth-order valence-corrected chi connectivity index (χ4v) is 4.19. The van der Waals surface area contributed by atoms with E-state index >= 15 is 0 Å². The maximum atomic E-state index is 12.3. The Bertz CT molecular complexity index is 684. The van der Waals surface area contributed by atoms with Crippen molar-refractivity contribution in [3.05, 3.63) is 29.8 Å². The SMILES string of the molecule is Cl.O=C(N[C@H]1CCCNC1)c1ccc(S(=O)(=O)NCC2CCCO2)cc1. The van der Waals surface area contributed by atoms with Crippen LogP contribution in [0.15, 0.2) is 29.2 Å². The summed E-state index contributed by atoms with van der Waals surface area (Å²) in [7, 11) is -3.59. The predicted molar refractivity (Wildman–Crippen MR) is 101 cm³/mol. The van der Waals surface area contributed by atoms with Crippen LogP contribution in [-0.4, -0.2) is 52.7 Å². The number of halogens is 1. The minimum absolute atomic E-state index is 0. The lowest BCUT2D eigenvalue weighted by atomic mass is 10.1. The van der Waals surface area contributed by atoms with Crippen molar-refractivity contribution in [2.75, 3.05) is 26.2 Å². The van der Waals surface area contributed by atoms with Crippen LogP contribution in [0, 0.1) is 0 Å². The molecule has 2 fully saturated rings. The number of hydrogen-bond acceptors (Lipinski definition) is 5. The highest BCUT2D eigenvalue weighted by Crippen LogP contribution is 2.14. The lowest BCUT2D eigenvalue weighted by Gasteiger charge is -2.23. The van der Waals surface area contributed by atoms with Gasteiger partial charge in [0, 0.05) is 31.3 Å². The van der Waals surface area contributed by atoms with E-state index < -0.39 is 10.0 Å². The Labute approximate surface area is 160 Å². The van der Waals surface area contributed by atoms with Crippen molar-refractivity contribution in [2.24, 2.45) is 0 Å². The number of benzene rings is 1. The summed E-state index contributed by atoms with van der Waals surface area (Å²) in [6.45, 7) is 2.72. The van der Waals surface area contributed by atoms with Gasteiger partial charge in [-0.15, -0.1) is 12.4 Å². The average molecular weight is 404 g/mol. The van der Waals surface area contributed by atoms with E-state index in [0.717, 1.165) is 38.8 Å². The van der Waals surface area contributed by atoms with Crippen LogP contribution in [0.3, 0.4) is 0 Å². The molecular weight excluding hydrogens is 378 g/mol. The molecule has 2 saturated heterocycles. The summed E-state index contributed by atoms with van der Waals surface area (Å²) < 4.78 is 32.6. The zero-order valence-corrected chi connectivity index (χ0v) is 16.2. The lowest BCUT2D eigenvalue weighted by Crippen LogP contribution is -2.45. The van der Waals surface area contributed by atoms with Crippen LogP contribution in [0.4, 0.5) is 0 Å². The second kappa shape index (κ2) is 9.66. The topological polar surface area (TPSA) is 96.5 Å². The normalized spacial score (nSPS) is 23.2. The number of nitrogens with one attached hydrogen (secondary N) is 3. The molecule has 0 aromatic heterocycles. The number of rotatable bonds is 6. The second-order valence-electron chi connectivity index (χ2n) is 6.53. The minimum Gasteiger partial charge on any atom is -0.377 e. The smallest absolute Gasteiger partial charge is 0.251 e. The van der Waals surface area contributed by atoms with Gasteiger partial charge in [0.25, 0.3) is 5.91 Å². The molecule has 1 amide bonds. The van der Waals surface area contributed by atoms with Crippen LogP contribution in [0.1, 0.15) is 36.0 Å². The molecule has 1 aromatic rings. The molecule has 2 aliphatic heterocycles. The third-order valence-corrected chi connectivity index (χ3v) is 6.02. The Hall–Kier alpha value is -1.19. The van der Waals surface area contributed by atoms with Gasteiger partial charge >= 0.3 is 0 Å². The Balaban J connectivity index is 0.00000243. The van der Waals surface area contributed by atoms with Crippen molar-refractivity contribution in [3.63, 3.8) is 0 Å². The van der Waals surface area contributed by atoms with Gasteiger partial charge in [-0.05, 0) is 56.5 Å². The summed E-state index contributed by atoms with van der Waals surface area (Å²) in [6, 6.07) is 6.15. The van der Waals surface area contributed by atoms with Crippen molar-refractivity contribution in [3.8, 4) is 0 Å². The lowest BCUT2D eigenvalue weighted by molar-refractivity contribution is 0.0930. The van der Waals surface area contributed by atoms with Gasteiger partial charge in [-0.3, -0.25) is 4.79 Å². The zero-order valence-electron chi connectivity index (χ0n) is 14.6. The molecule has 2 heterocycles. The van der Waals surface area contributed by atoms with E-state index in [2.05, 4.69) is 15.4 Å². The van der Waals surface area contributed by atoms with Gasteiger partial charge in [0.1, 0.15) is 0 Å². The predicted octanol–water partition coefficient (Wildman–Crippen LogP) is 1.05. The van der Waals surface area contributed by atoms with E-state index in [1.54, 1.807) is 12.1 Å². The molecule has 1 unspecified atom stereocenters. The van der Waals surface area contributed by atoms with Gasteiger partial charge in [0.15, 0.2) is 0 Å². The molecule has 0 aliphatic carbocycles. The molecule has 2 aliphatic rings. The van der Waals surface area contributed by atoms with Crippen LogP contribution in [0.2, 0.25) is 0 Å². The molecule has 1 aromatic carbocycles. The first-order chi connectivity index (χ1) is 12.0. The first kappa shape index (κ1) is 21.1. The van der Waals surface area contributed by atoms with Gasteiger partial charge in [0.2, 0.25) is 10.0 Å². The highest BCUT2D eigenvalue weighted by Gasteiger charge is 2.21. The maximum Gasteiger partial charge on any atom is 0.251 e. The van der Waals surface area contributed by atoms with E-state index in [1.807, 2.05) is 0 Å². The number of hydrogen-bond donors (Lipinski definition) is 3. The quantitative estimate of drug-likeness (QED) is 0.659. The summed E-state index contributed by atoms with van der Waals surface area (Å²) in [5.41, 5.74) is 0.462. The molecule has 146 valence electrons. The Morgan fingerprint density at radius 1 is 1.19 bits per heavy atom. The third-order valence-electron chi connectivity index (χ3n) is 4.58. The summed E-state index contributed by atoms with van der Waals surface area (Å²) in [6.07, 6.45) is 3.78. The van der Waals surface area contributed by atoms with Crippen LogP contribution in [0.5, 0.6) is 0 Å². The first-order valence-electron chi connectivity index (χ1n) is 8.77. The average Bonchev–Trinajstić information content (AvgIpc) is 3.15. The molecule has 7 nitrogen and oxygen atoms in total. The van der Waals surface area contributed by atoms with Crippen molar-refractivity contribution in [2.45, 2.75) is 42.7 Å². The van der Waals surface area contributed by atoms with E-state index in [1.165, 1.54) is 12.1 Å². The fourth-order valence-electron chi connectivity index (χ4n) is 3.12. The number of sulfonamides is 1. The minimum atomic E-state index is -3.59. The molecule has 9 heteroatoms. The van der Waals surface area contributed by atoms with Crippen LogP contribution in [-0.2, 0) is 14.8 Å². The van der Waals surface area contributed by atoms with Gasteiger partial charge in [-0.25, -0.2) is 13.1 Å². The third kappa shape index (κ3) is 5.65. The van der Waals surface area contributed by atoms with Crippen LogP contribution < -0.4 is 15.4 Å². The summed E-state index contributed by atoms with van der Waals surface area (Å²) >= 11 is 0. The van der Waals surface area contributed by atoms with Crippen molar-refractivity contribution < 1.29 is 17.9 Å². The van der Waals surface area contributed by atoms with Gasteiger partial charge in [-0.1, -0.05) is 0 Å². The summed E-state index contributed by atoms with van der Waals surface area (Å²) in [5.74, 6) is -0.176. The van der Waals surface area contributed by atoms with Gasteiger partial charge in [0.05, 0.1) is 11.0 Å². The molecule has 0 radical (unpaired) electrons. The monoisotopic (exact) mass is 403 g/mol. The Morgan fingerprint density at radius 3 is 2.58 bits per heavy atom. The fraction of sp³-hybridized carbons (Fsp3) is 0.588. The number of ether oxygens (including phenoxy) is 1. The van der Waals surface area contributed by atoms with E-state index in [9.17, 15) is 13.2 Å². The molecule has 0 saturated carbocycles. The number of carbonyl (C=O) groups is 1.